The SMILES string of the molecule is COc1ccc(S(=O)(=O)NC(C(=O)N2CCCCC2)C(C)C)cc1. The van der Waals surface area contributed by atoms with Gasteiger partial charge in [0.1, 0.15) is 11.8 Å². The predicted octanol–water partition coefficient (Wildman–Crippen LogP) is 2.01. The van der Waals surface area contributed by atoms with Crippen molar-refractivity contribution in [1.82, 2.24) is 9.62 Å². The van der Waals surface area contributed by atoms with Gasteiger partial charge >= 0.3 is 0 Å². The molecule has 0 aliphatic carbocycles. The molecule has 6 nitrogen and oxygen atoms in total. The van der Waals surface area contributed by atoms with Crippen LogP contribution in [0.4, 0.5) is 0 Å². The fourth-order valence-electron chi connectivity index (χ4n) is 2.77. The predicted molar refractivity (Wildman–Crippen MR) is 92.4 cm³/mol. The van der Waals surface area contributed by atoms with Crippen LogP contribution in [0.3, 0.4) is 0 Å². The third kappa shape index (κ3) is 4.48. The van der Waals surface area contributed by atoms with Crippen molar-refractivity contribution in [3.8, 4) is 5.75 Å². The second-order valence-corrected chi connectivity index (χ2v) is 8.12. The smallest absolute Gasteiger partial charge is 0.241 e. The Morgan fingerprint density at radius 2 is 1.71 bits per heavy atom. The summed E-state index contributed by atoms with van der Waals surface area (Å²) in [4.78, 5) is 14.6. The Morgan fingerprint density at radius 3 is 2.21 bits per heavy atom. The lowest BCUT2D eigenvalue weighted by Gasteiger charge is -2.32. The van der Waals surface area contributed by atoms with E-state index in [9.17, 15) is 13.2 Å². The fraction of sp³-hybridized carbons (Fsp3) is 0.588. The average molecular weight is 354 g/mol. The number of hydrogen-bond donors (Lipinski definition) is 1. The van der Waals surface area contributed by atoms with Crippen LogP contribution in [0.15, 0.2) is 29.2 Å². The Morgan fingerprint density at radius 1 is 1.12 bits per heavy atom. The maximum atomic E-state index is 12.7. The van der Waals surface area contributed by atoms with Gasteiger partial charge in [-0.3, -0.25) is 4.79 Å². The molecule has 0 radical (unpaired) electrons. The molecule has 0 bridgehead atoms. The first kappa shape index (κ1) is 18.7. The molecule has 2 rings (SSSR count). The van der Waals surface area contributed by atoms with Crippen LogP contribution in [-0.2, 0) is 14.8 Å². The molecule has 1 fully saturated rings. The number of nitrogens with one attached hydrogen (secondary N) is 1. The van der Waals surface area contributed by atoms with Gasteiger partial charge in [0.15, 0.2) is 0 Å². The number of benzene rings is 1. The van der Waals surface area contributed by atoms with Gasteiger partial charge < -0.3 is 9.64 Å². The summed E-state index contributed by atoms with van der Waals surface area (Å²) < 4.78 is 32.8. The molecule has 1 aliphatic heterocycles. The first-order valence-electron chi connectivity index (χ1n) is 8.30. The number of carbonyl (C=O) groups is 1. The van der Waals surface area contributed by atoms with E-state index in [1.807, 2.05) is 13.8 Å². The van der Waals surface area contributed by atoms with Gasteiger partial charge in [-0.25, -0.2) is 8.42 Å². The van der Waals surface area contributed by atoms with Crippen molar-refractivity contribution in [3.63, 3.8) is 0 Å². The summed E-state index contributed by atoms with van der Waals surface area (Å²) in [5.74, 6) is 0.313. The van der Waals surface area contributed by atoms with Gasteiger partial charge in [-0.05, 0) is 49.4 Å². The summed E-state index contributed by atoms with van der Waals surface area (Å²) in [7, 11) is -2.24. The van der Waals surface area contributed by atoms with E-state index >= 15 is 0 Å². The van der Waals surface area contributed by atoms with Gasteiger partial charge in [0, 0.05) is 13.1 Å². The molecule has 1 N–H and O–H groups in total. The third-order valence-corrected chi connectivity index (χ3v) is 5.71. The molecule has 1 aromatic carbocycles. The summed E-state index contributed by atoms with van der Waals surface area (Å²) >= 11 is 0. The van der Waals surface area contributed by atoms with Crippen LogP contribution < -0.4 is 9.46 Å². The van der Waals surface area contributed by atoms with Crippen LogP contribution in [0.5, 0.6) is 5.75 Å². The van der Waals surface area contributed by atoms with Crippen molar-refractivity contribution in [2.45, 2.75) is 44.0 Å². The summed E-state index contributed by atoms with van der Waals surface area (Å²) in [6.07, 6.45) is 3.07. The molecule has 134 valence electrons. The standard InChI is InChI=1S/C17H26N2O4S/c1-13(2)16(17(20)19-11-5-4-6-12-19)18-24(21,22)15-9-7-14(23-3)8-10-15/h7-10,13,16,18H,4-6,11-12H2,1-3H3. The molecule has 7 heteroatoms. The van der Waals surface area contributed by atoms with Gasteiger partial charge in [-0.1, -0.05) is 13.8 Å². The zero-order valence-corrected chi connectivity index (χ0v) is 15.3. The number of amides is 1. The van der Waals surface area contributed by atoms with E-state index in [1.165, 1.54) is 19.2 Å². The average Bonchev–Trinajstić information content (AvgIpc) is 2.59. The van der Waals surface area contributed by atoms with Crippen LogP contribution in [0.2, 0.25) is 0 Å². The van der Waals surface area contributed by atoms with E-state index in [2.05, 4.69) is 4.72 Å². The number of rotatable bonds is 6. The topological polar surface area (TPSA) is 75.7 Å². The Bertz CT molecular complexity index is 650. The lowest BCUT2D eigenvalue weighted by molar-refractivity contribution is -0.134. The normalized spacial score (nSPS) is 16.9. The number of sulfonamides is 1. The second kappa shape index (κ2) is 7.98. The minimum absolute atomic E-state index is 0.125. The fourth-order valence-corrected chi connectivity index (χ4v) is 4.11. The van der Waals surface area contributed by atoms with Crippen LogP contribution in [0, 0.1) is 5.92 Å². The van der Waals surface area contributed by atoms with Gasteiger partial charge in [-0.15, -0.1) is 0 Å². The quantitative estimate of drug-likeness (QED) is 0.848. The number of methoxy groups -OCH3 is 1. The Kier molecular flexibility index (Phi) is 6.23. The highest BCUT2D eigenvalue weighted by Gasteiger charge is 2.32. The van der Waals surface area contributed by atoms with Crippen molar-refractivity contribution in [3.05, 3.63) is 24.3 Å². The van der Waals surface area contributed by atoms with Crippen LogP contribution in [0.1, 0.15) is 33.1 Å². The van der Waals surface area contributed by atoms with Gasteiger partial charge in [0.05, 0.1) is 12.0 Å². The van der Waals surface area contributed by atoms with E-state index < -0.39 is 16.1 Å². The number of hydrogen-bond acceptors (Lipinski definition) is 4. The largest absolute Gasteiger partial charge is 0.497 e. The molecule has 1 amide bonds. The molecule has 1 atom stereocenters. The first-order valence-corrected chi connectivity index (χ1v) is 9.78. The number of nitrogens with zero attached hydrogens (tertiary/aromatic N) is 1. The van der Waals surface area contributed by atoms with Crippen LogP contribution in [-0.4, -0.2) is 45.5 Å². The Hall–Kier alpha value is -1.60. The Balaban J connectivity index is 2.17. The molecule has 1 aromatic rings. The zero-order chi connectivity index (χ0) is 17.7. The molecular formula is C17H26N2O4S. The van der Waals surface area contributed by atoms with Crippen molar-refractivity contribution in [2.24, 2.45) is 5.92 Å². The van der Waals surface area contributed by atoms with Gasteiger partial charge in [0.25, 0.3) is 0 Å². The molecule has 0 saturated carbocycles. The number of carbonyl (C=O) groups excluding carboxylic acids is 1. The summed E-state index contributed by atoms with van der Waals surface area (Å²) in [5.41, 5.74) is 0. The first-order chi connectivity index (χ1) is 11.3. The maximum Gasteiger partial charge on any atom is 0.241 e. The van der Waals surface area contributed by atoms with Gasteiger partial charge in [0.2, 0.25) is 15.9 Å². The van der Waals surface area contributed by atoms with E-state index in [-0.39, 0.29) is 16.7 Å². The van der Waals surface area contributed by atoms with E-state index in [0.29, 0.717) is 18.8 Å². The lowest BCUT2D eigenvalue weighted by atomic mass is 10.0. The zero-order valence-electron chi connectivity index (χ0n) is 14.5. The highest BCUT2D eigenvalue weighted by molar-refractivity contribution is 7.89. The maximum absolute atomic E-state index is 12.7. The lowest BCUT2D eigenvalue weighted by Crippen LogP contribution is -2.52. The molecule has 1 unspecified atom stereocenters. The third-order valence-electron chi connectivity index (χ3n) is 4.25. The van der Waals surface area contributed by atoms with Gasteiger partial charge in [-0.2, -0.15) is 4.72 Å². The Labute approximate surface area is 144 Å². The van der Waals surface area contributed by atoms with Crippen LogP contribution in [0.25, 0.3) is 0 Å². The summed E-state index contributed by atoms with van der Waals surface area (Å²) in [6, 6.07) is 5.38. The van der Waals surface area contributed by atoms with Crippen molar-refractivity contribution in [1.29, 1.82) is 0 Å². The van der Waals surface area contributed by atoms with E-state index in [0.717, 1.165) is 19.3 Å². The number of ether oxygens (including phenoxy) is 1. The second-order valence-electron chi connectivity index (χ2n) is 6.40. The number of likely N-dealkylation sites (tertiary alicyclic amines) is 1. The van der Waals surface area contributed by atoms with E-state index in [1.54, 1.807) is 17.0 Å². The van der Waals surface area contributed by atoms with Crippen molar-refractivity contribution in [2.75, 3.05) is 20.2 Å². The van der Waals surface area contributed by atoms with Crippen molar-refractivity contribution >= 4 is 15.9 Å². The van der Waals surface area contributed by atoms with Crippen LogP contribution >= 0.6 is 0 Å². The van der Waals surface area contributed by atoms with E-state index in [4.69, 9.17) is 4.74 Å². The minimum atomic E-state index is -3.77. The minimum Gasteiger partial charge on any atom is -0.497 e. The molecule has 1 heterocycles. The highest BCUT2D eigenvalue weighted by Crippen LogP contribution is 2.18. The van der Waals surface area contributed by atoms with Crippen molar-refractivity contribution < 1.29 is 17.9 Å². The molecule has 1 saturated heterocycles. The monoisotopic (exact) mass is 354 g/mol. The summed E-state index contributed by atoms with van der Waals surface area (Å²) in [6.45, 7) is 5.10. The molecule has 1 aliphatic rings. The molecule has 0 aromatic heterocycles. The molecule has 24 heavy (non-hydrogen) atoms. The summed E-state index contributed by atoms with van der Waals surface area (Å²) in [5, 5.41) is 0. The molecule has 0 spiro atoms. The number of piperidine rings is 1. The molecular weight excluding hydrogens is 328 g/mol. The highest BCUT2D eigenvalue weighted by atomic mass is 32.2.